The number of hydrazine groups is 1. The Morgan fingerprint density at radius 3 is 3.12 bits per heavy atom. The van der Waals surface area contributed by atoms with Gasteiger partial charge in [-0.2, -0.15) is 0 Å². The molecule has 44 valence electrons. The summed E-state index contributed by atoms with van der Waals surface area (Å²) in [6.45, 7) is 0.590. The van der Waals surface area contributed by atoms with E-state index in [2.05, 4.69) is 5.43 Å². The molecule has 1 heterocycles. The van der Waals surface area contributed by atoms with E-state index in [-0.39, 0.29) is 0 Å². The van der Waals surface area contributed by atoms with Crippen LogP contribution in [-0.4, -0.2) is 0 Å². The van der Waals surface area contributed by atoms with Crippen LogP contribution in [0, 0.1) is 0 Å². The van der Waals surface area contributed by atoms with Gasteiger partial charge in [0.1, 0.15) is 5.76 Å². The van der Waals surface area contributed by atoms with Crippen molar-refractivity contribution in [2.24, 2.45) is 5.84 Å². The van der Waals surface area contributed by atoms with Gasteiger partial charge in [0.15, 0.2) is 0 Å². The third kappa shape index (κ3) is 1.08. The Kier molecular flexibility index (Phi) is 1.66. The molecule has 1 aromatic rings. The molecule has 0 unspecified atom stereocenters. The SMILES string of the molecule is NNCc1ccco1. The van der Waals surface area contributed by atoms with E-state index in [1.807, 2.05) is 12.1 Å². The number of rotatable bonds is 2. The number of nitrogens with two attached hydrogens (primary N) is 1. The van der Waals surface area contributed by atoms with Crippen molar-refractivity contribution in [1.29, 1.82) is 0 Å². The second kappa shape index (κ2) is 2.49. The van der Waals surface area contributed by atoms with Crippen LogP contribution in [0.3, 0.4) is 0 Å². The minimum absolute atomic E-state index is 0.590. The van der Waals surface area contributed by atoms with Gasteiger partial charge in [0, 0.05) is 0 Å². The number of nitrogens with one attached hydrogen (secondary N) is 1. The molecule has 0 bridgehead atoms. The molecule has 0 saturated carbocycles. The molecule has 1 aromatic heterocycles. The van der Waals surface area contributed by atoms with Gasteiger partial charge in [0.25, 0.3) is 0 Å². The first-order chi connectivity index (χ1) is 3.93. The van der Waals surface area contributed by atoms with Gasteiger partial charge in [0.2, 0.25) is 0 Å². The zero-order valence-corrected chi connectivity index (χ0v) is 4.42. The molecule has 3 N–H and O–H groups in total. The van der Waals surface area contributed by atoms with Gasteiger partial charge >= 0.3 is 0 Å². The fourth-order valence-corrected chi connectivity index (χ4v) is 0.514. The molecule has 0 aliphatic rings. The zero-order chi connectivity index (χ0) is 5.82. The zero-order valence-electron chi connectivity index (χ0n) is 4.42. The number of hydrogen-bond donors (Lipinski definition) is 2. The van der Waals surface area contributed by atoms with E-state index in [1.165, 1.54) is 0 Å². The minimum atomic E-state index is 0.590. The second-order valence-corrected chi connectivity index (χ2v) is 1.46. The second-order valence-electron chi connectivity index (χ2n) is 1.46. The Labute approximate surface area is 47.5 Å². The van der Waals surface area contributed by atoms with E-state index in [0.717, 1.165) is 5.76 Å². The summed E-state index contributed by atoms with van der Waals surface area (Å²) < 4.78 is 4.93. The lowest BCUT2D eigenvalue weighted by atomic mass is 10.5. The summed E-state index contributed by atoms with van der Waals surface area (Å²) in [5.41, 5.74) is 2.48. The maximum absolute atomic E-state index is 5.01. The van der Waals surface area contributed by atoms with Gasteiger partial charge < -0.3 is 4.42 Å². The fraction of sp³-hybridized carbons (Fsp3) is 0.200. The minimum Gasteiger partial charge on any atom is -0.468 e. The van der Waals surface area contributed by atoms with Gasteiger partial charge in [-0.1, -0.05) is 0 Å². The summed E-state index contributed by atoms with van der Waals surface area (Å²) in [5.74, 6) is 5.86. The van der Waals surface area contributed by atoms with Crippen molar-refractivity contribution in [3.63, 3.8) is 0 Å². The molecule has 1 rings (SSSR count). The lowest BCUT2D eigenvalue weighted by Gasteiger charge is -1.89. The first-order valence-electron chi connectivity index (χ1n) is 2.39. The standard InChI is InChI=1S/C5H8N2O/c6-7-4-5-2-1-3-8-5/h1-3,7H,4,6H2. The summed E-state index contributed by atoms with van der Waals surface area (Å²) >= 11 is 0. The highest BCUT2D eigenvalue weighted by Crippen LogP contribution is 1.96. The molecule has 0 radical (unpaired) electrons. The van der Waals surface area contributed by atoms with E-state index < -0.39 is 0 Å². The molecule has 3 heteroatoms. The lowest BCUT2D eigenvalue weighted by molar-refractivity contribution is 0.488. The fourth-order valence-electron chi connectivity index (χ4n) is 0.514. The van der Waals surface area contributed by atoms with E-state index in [9.17, 15) is 0 Å². The summed E-state index contributed by atoms with van der Waals surface area (Å²) in [6.07, 6.45) is 1.62. The molecule has 3 nitrogen and oxygen atoms in total. The first-order valence-corrected chi connectivity index (χ1v) is 2.39. The van der Waals surface area contributed by atoms with Crippen LogP contribution in [0.2, 0.25) is 0 Å². The van der Waals surface area contributed by atoms with E-state index in [1.54, 1.807) is 6.26 Å². The highest BCUT2D eigenvalue weighted by atomic mass is 16.3. The van der Waals surface area contributed by atoms with Crippen molar-refractivity contribution in [3.05, 3.63) is 24.2 Å². The summed E-state index contributed by atoms with van der Waals surface area (Å²) in [5, 5.41) is 0. The number of hydrogen-bond acceptors (Lipinski definition) is 3. The van der Waals surface area contributed by atoms with Crippen LogP contribution < -0.4 is 11.3 Å². The molecule has 0 amide bonds. The molecule has 8 heavy (non-hydrogen) atoms. The van der Waals surface area contributed by atoms with E-state index in [4.69, 9.17) is 10.3 Å². The third-order valence-corrected chi connectivity index (χ3v) is 0.856. The van der Waals surface area contributed by atoms with Crippen molar-refractivity contribution >= 4 is 0 Å². The van der Waals surface area contributed by atoms with Crippen molar-refractivity contribution in [3.8, 4) is 0 Å². The maximum Gasteiger partial charge on any atom is 0.118 e. The van der Waals surface area contributed by atoms with E-state index >= 15 is 0 Å². The van der Waals surface area contributed by atoms with Crippen molar-refractivity contribution in [2.75, 3.05) is 0 Å². The van der Waals surface area contributed by atoms with Gasteiger partial charge in [-0.3, -0.25) is 11.3 Å². The average Bonchev–Trinajstić information content (AvgIpc) is 2.19. The Hall–Kier alpha value is -0.800. The predicted molar refractivity (Wildman–Crippen MR) is 29.7 cm³/mol. The van der Waals surface area contributed by atoms with Crippen LogP contribution in [0.1, 0.15) is 5.76 Å². The molecule has 0 aliphatic heterocycles. The molecular formula is C5H8N2O. The molecule has 0 atom stereocenters. The topological polar surface area (TPSA) is 51.2 Å². The van der Waals surface area contributed by atoms with E-state index in [0.29, 0.717) is 6.54 Å². The maximum atomic E-state index is 5.01. The Morgan fingerprint density at radius 2 is 2.62 bits per heavy atom. The largest absolute Gasteiger partial charge is 0.468 e. The molecule has 0 spiro atoms. The summed E-state index contributed by atoms with van der Waals surface area (Å²) in [7, 11) is 0. The van der Waals surface area contributed by atoms with Gasteiger partial charge in [0.05, 0.1) is 12.8 Å². The van der Waals surface area contributed by atoms with Crippen LogP contribution >= 0.6 is 0 Å². The molecule has 0 aromatic carbocycles. The third-order valence-electron chi connectivity index (χ3n) is 0.856. The summed E-state index contributed by atoms with van der Waals surface area (Å²) in [4.78, 5) is 0. The normalized spacial score (nSPS) is 9.62. The van der Waals surface area contributed by atoms with Gasteiger partial charge in [-0.05, 0) is 12.1 Å². The van der Waals surface area contributed by atoms with Crippen LogP contribution in [0.25, 0.3) is 0 Å². The molecule has 0 aliphatic carbocycles. The van der Waals surface area contributed by atoms with Gasteiger partial charge in [-0.25, -0.2) is 0 Å². The highest BCUT2D eigenvalue weighted by molar-refractivity contribution is 4.96. The van der Waals surface area contributed by atoms with Crippen LogP contribution in [0.4, 0.5) is 0 Å². The Balaban J connectivity index is 2.50. The Bertz CT molecular complexity index is 136. The molecule has 0 saturated heterocycles. The number of furan rings is 1. The van der Waals surface area contributed by atoms with Crippen molar-refractivity contribution < 1.29 is 4.42 Å². The average molecular weight is 112 g/mol. The Morgan fingerprint density at radius 1 is 1.75 bits per heavy atom. The van der Waals surface area contributed by atoms with Crippen molar-refractivity contribution in [1.82, 2.24) is 5.43 Å². The van der Waals surface area contributed by atoms with Crippen LogP contribution in [0.15, 0.2) is 22.8 Å². The van der Waals surface area contributed by atoms with Crippen LogP contribution in [0.5, 0.6) is 0 Å². The quantitative estimate of drug-likeness (QED) is 0.425. The van der Waals surface area contributed by atoms with Crippen molar-refractivity contribution in [2.45, 2.75) is 6.54 Å². The van der Waals surface area contributed by atoms with Gasteiger partial charge in [-0.15, -0.1) is 0 Å². The van der Waals surface area contributed by atoms with Crippen LogP contribution in [-0.2, 0) is 6.54 Å². The monoisotopic (exact) mass is 112 g/mol. The molecular weight excluding hydrogens is 104 g/mol. The smallest absolute Gasteiger partial charge is 0.118 e. The molecule has 0 fully saturated rings. The first kappa shape index (κ1) is 5.34. The summed E-state index contributed by atoms with van der Waals surface area (Å²) in [6, 6.07) is 3.69. The lowest BCUT2D eigenvalue weighted by Crippen LogP contribution is -2.20. The predicted octanol–water partition coefficient (Wildman–Crippen LogP) is 0.243. The highest BCUT2D eigenvalue weighted by Gasteiger charge is 1.88.